The molecule has 1 aromatic heterocycles. The number of aromatic nitrogens is 2. The first-order chi connectivity index (χ1) is 7.34. The lowest BCUT2D eigenvalue weighted by Crippen LogP contribution is -2.32. The summed E-state index contributed by atoms with van der Waals surface area (Å²) in [6.07, 6.45) is 2.10. The molecule has 0 fully saturated rings. The minimum Gasteiger partial charge on any atom is -0.359 e. The smallest absolute Gasteiger partial charge is 0.202 e. The molecule has 4 heteroatoms. The molecule has 1 heterocycles. The molecule has 1 N–H and O–H groups in total. The van der Waals surface area contributed by atoms with Gasteiger partial charge in [0.05, 0.1) is 5.69 Å². The van der Waals surface area contributed by atoms with E-state index < -0.39 is 0 Å². The van der Waals surface area contributed by atoms with Crippen LogP contribution in [0.1, 0.15) is 19.5 Å². The van der Waals surface area contributed by atoms with Crippen molar-refractivity contribution in [1.29, 1.82) is 0 Å². The molecule has 0 saturated heterocycles. The van der Waals surface area contributed by atoms with Gasteiger partial charge in [0.15, 0.2) is 0 Å². The number of nitrogens with zero attached hydrogens (tertiary/aromatic N) is 3. The molecule has 0 aliphatic carbocycles. The molecule has 0 aliphatic rings. The second-order valence-corrected chi connectivity index (χ2v) is 5.49. The van der Waals surface area contributed by atoms with Crippen molar-refractivity contribution in [2.45, 2.75) is 27.3 Å². The lowest BCUT2D eigenvalue weighted by Gasteiger charge is -2.29. The fourth-order valence-corrected chi connectivity index (χ4v) is 2.23. The van der Waals surface area contributed by atoms with Crippen LogP contribution in [0.4, 0.5) is 5.95 Å². The van der Waals surface area contributed by atoms with Crippen LogP contribution in [-0.2, 0) is 6.54 Å². The molecule has 0 spiro atoms. The highest BCUT2D eigenvalue weighted by molar-refractivity contribution is 5.27. The van der Waals surface area contributed by atoms with E-state index in [0.29, 0.717) is 0 Å². The third-order valence-corrected chi connectivity index (χ3v) is 2.46. The van der Waals surface area contributed by atoms with E-state index in [4.69, 9.17) is 0 Å². The highest BCUT2D eigenvalue weighted by Gasteiger charge is 2.21. The molecule has 0 amide bonds. The Kier molecular flexibility index (Phi) is 3.97. The fraction of sp³-hybridized carbons (Fsp3) is 0.750. The van der Waals surface area contributed by atoms with Gasteiger partial charge in [-0.05, 0) is 26.4 Å². The molecule has 92 valence electrons. The lowest BCUT2D eigenvalue weighted by molar-refractivity contribution is 0.212. The molecule has 1 rings (SSSR count). The van der Waals surface area contributed by atoms with Crippen LogP contribution in [0.5, 0.6) is 0 Å². The van der Waals surface area contributed by atoms with Gasteiger partial charge in [-0.2, -0.15) is 0 Å². The van der Waals surface area contributed by atoms with Gasteiger partial charge in [0, 0.05) is 26.3 Å². The molecule has 0 aliphatic heterocycles. The Labute approximate surface area is 98.7 Å². The van der Waals surface area contributed by atoms with Gasteiger partial charge in [0.25, 0.3) is 0 Å². The second kappa shape index (κ2) is 4.87. The van der Waals surface area contributed by atoms with Crippen LogP contribution in [0.25, 0.3) is 0 Å². The molecular weight excluding hydrogens is 200 g/mol. The molecule has 0 atom stereocenters. The average Bonchev–Trinajstić information content (AvgIpc) is 2.42. The Hall–Kier alpha value is -1.03. The lowest BCUT2D eigenvalue weighted by atomic mass is 9.93. The van der Waals surface area contributed by atoms with E-state index >= 15 is 0 Å². The van der Waals surface area contributed by atoms with Gasteiger partial charge in [-0.15, -0.1) is 0 Å². The Morgan fingerprint density at radius 1 is 1.44 bits per heavy atom. The molecule has 0 saturated carbocycles. The predicted octanol–water partition coefficient (Wildman–Crippen LogP) is 1.82. The molecule has 4 nitrogen and oxygen atoms in total. The Bertz CT molecular complexity index is 339. The number of anilines is 1. The SMILES string of the molecule is CNc1nc(C)cn1CC(C)(C)CN(C)C. The number of imidazole rings is 1. The molecule has 16 heavy (non-hydrogen) atoms. The fourth-order valence-electron chi connectivity index (χ4n) is 2.23. The van der Waals surface area contributed by atoms with Crippen LogP contribution in [0, 0.1) is 12.3 Å². The third-order valence-electron chi connectivity index (χ3n) is 2.46. The Morgan fingerprint density at radius 2 is 2.06 bits per heavy atom. The highest BCUT2D eigenvalue weighted by Crippen LogP contribution is 2.21. The van der Waals surface area contributed by atoms with Crippen molar-refractivity contribution in [2.24, 2.45) is 5.41 Å². The van der Waals surface area contributed by atoms with Crippen molar-refractivity contribution in [3.8, 4) is 0 Å². The quantitative estimate of drug-likeness (QED) is 0.828. The van der Waals surface area contributed by atoms with E-state index in [0.717, 1.165) is 24.7 Å². The minimum atomic E-state index is 0.238. The normalized spacial score (nSPS) is 12.2. The van der Waals surface area contributed by atoms with Gasteiger partial charge < -0.3 is 14.8 Å². The summed E-state index contributed by atoms with van der Waals surface area (Å²) in [5.74, 6) is 0.948. The molecule has 1 aromatic rings. The summed E-state index contributed by atoms with van der Waals surface area (Å²) in [5.41, 5.74) is 1.30. The summed E-state index contributed by atoms with van der Waals surface area (Å²) in [6, 6.07) is 0. The van der Waals surface area contributed by atoms with Crippen molar-refractivity contribution >= 4 is 5.95 Å². The summed E-state index contributed by atoms with van der Waals surface area (Å²) in [5, 5.41) is 3.13. The number of hydrogen-bond acceptors (Lipinski definition) is 3. The van der Waals surface area contributed by atoms with Crippen LogP contribution < -0.4 is 5.32 Å². The first kappa shape index (κ1) is 13.0. The van der Waals surface area contributed by atoms with E-state index in [2.05, 4.69) is 53.9 Å². The highest BCUT2D eigenvalue weighted by atomic mass is 15.2. The zero-order valence-electron chi connectivity index (χ0n) is 11.3. The van der Waals surface area contributed by atoms with E-state index in [1.807, 2.05) is 14.0 Å². The van der Waals surface area contributed by atoms with Crippen LogP contribution in [0.2, 0.25) is 0 Å². The van der Waals surface area contributed by atoms with Crippen molar-refractivity contribution in [2.75, 3.05) is 33.0 Å². The topological polar surface area (TPSA) is 33.1 Å². The van der Waals surface area contributed by atoms with Crippen molar-refractivity contribution in [3.05, 3.63) is 11.9 Å². The van der Waals surface area contributed by atoms with E-state index in [9.17, 15) is 0 Å². The number of nitrogens with one attached hydrogen (secondary N) is 1. The zero-order valence-corrected chi connectivity index (χ0v) is 11.3. The summed E-state index contributed by atoms with van der Waals surface area (Å²) >= 11 is 0. The number of hydrogen-bond donors (Lipinski definition) is 1. The minimum absolute atomic E-state index is 0.238. The Morgan fingerprint density at radius 3 is 2.56 bits per heavy atom. The molecule has 0 bridgehead atoms. The van der Waals surface area contributed by atoms with Gasteiger partial charge in [0.2, 0.25) is 5.95 Å². The van der Waals surface area contributed by atoms with Crippen LogP contribution in [0.3, 0.4) is 0 Å². The van der Waals surface area contributed by atoms with Crippen molar-refractivity contribution in [1.82, 2.24) is 14.5 Å². The number of rotatable bonds is 5. The molecule has 0 radical (unpaired) electrons. The summed E-state index contributed by atoms with van der Waals surface area (Å²) in [7, 11) is 6.14. The zero-order chi connectivity index (χ0) is 12.3. The van der Waals surface area contributed by atoms with Crippen LogP contribution in [-0.4, -0.2) is 42.1 Å². The van der Waals surface area contributed by atoms with Crippen molar-refractivity contribution in [3.63, 3.8) is 0 Å². The summed E-state index contributed by atoms with van der Waals surface area (Å²) in [6.45, 7) is 8.62. The van der Waals surface area contributed by atoms with Crippen molar-refractivity contribution < 1.29 is 0 Å². The van der Waals surface area contributed by atoms with Gasteiger partial charge in [-0.25, -0.2) is 4.98 Å². The molecular formula is C12H24N4. The standard InChI is InChI=1S/C12H24N4/c1-10-7-16(11(13-4)14-10)9-12(2,3)8-15(5)6/h7H,8-9H2,1-6H3,(H,13,14). The maximum Gasteiger partial charge on any atom is 0.202 e. The van der Waals surface area contributed by atoms with Crippen LogP contribution in [0.15, 0.2) is 6.20 Å². The first-order valence-electron chi connectivity index (χ1n) is 5.70. The third kappa shape index (κ3) is 3.52. The molecule has 0 unspecified atom stereocenters. The monoisotopic (exact) mass is 224 g/mol. The maximum absolute atomic E-state index is 4.43. The van der Waals surface area contributed by atoms with E-state index in [1.54, 1.807) is 0 Å². The summed E-state index contributed by atoms with van der Waals surface area (Å²) < 4.78 is 2.19. The maximum atomic E-state index is 4.43. The largest absolute Gasteiger partial charge is 0.359 e. The summed E-state index contributed by atoms with van der Waals surface area (Å²) in [4.78, 5) is 6.66. The van der Waals surface area contributed by atoms with Gasteiger partial charge in [-0.1, -0.05) is 13.8 Å². The number of aryl methyl sites for hydroxylation is 1. The van der Waals surface area contributed by atoms with E-state index in [1.165, 1.54) is 0 Å². The van der Waals surface area contributed by atoms with Gasteiger partial charge >= 0.3 is 0 Å². The molecule has 0 aromatic carbocycles. The van der Waals surface area contributed by atoms with Crippen LogP contribution >= 0.6 is 0 Å². The predicted molar refractivity (Wildman–Crippen MR) is 68.8 cm³/mol. The second-order valence-electron chi connectivity index (χ2n) is 5.49. The van der Waals surface area contributed by atoms with Gasteiger partial charge in [-0.3, -0.25) is 0 Å². The average molecular weight is 224 g/mol. The first-order valence-corrected chi connectivity index (χ1v) is 5.70. The Balaban J connectivity index is 2.78. The van der Waals surface area contributed by atoms with Gasteiger partial charge in [0.1, 0.15) is 0 Å². The van der Waals surface area contributed by atoms with E-state index in [-0.39, 0.29) is 5.41 Å².